The predicted molar refractivity (Wildman–Crippen MR) is 80.4 cm³/mol. The lowest BCUT2D eigenvalue weighted by atomic mass is 10.3. The summed E-state index contributed by atoms with van der Waals surface area (Å²) in [5.41, 5.74) is 0.661. The van der Waals surface area contributed by atoms with Crippen molar-refractivity contribution in [3.8, 4) is 5.75 Å². The van der Waals surface area contributed by atoms with Crippen LogP contribution in [0.3, 0.4) is 0 Å². The van der Waals surface area contributed by atoms with Crippen molar-refractivity contribution in [2.75, 3.05) is 11.9 Å². The van der Waals surface area contributed by atoms with E-state index in [0.717, 1.165) is 0 Å². The maximum atomic E-state index is 11.5. The molecule has 1 unspecified atom stereocenters. The first-order valence-electron chi connectivity index (χ1n) is 5.81. The number of alkyl halides is 1. The number of anilines is 1. The second-order valence-electron chi connectivity index (χ2n) is 3.84. The molecule has 1 aromatic carbocycles. The Morgan fingerprint density at radius 1 is 1.32 bits per heavy atom. The normalized spacial score (nSPS) is 11.7. The van der Waals surface area contributed by atoms with Crippen LogP contribution in [0.15, 0.2) is 24.3 Å². The van der Waals surface area contributed by atoms with Crippen LogP contribution >= 0.6 is 22.6 Å². The Bertz CT molecular complexity index is 431. The van der Waals surface area contributed by atoms with Gasteiger partial charge < -0.3 is 14.8 Å². The van der Waals surface area contributed by atoms with Gasteiger partial charge in [-0.1, -0.05) is 22.6 Å². The molecule has 1 atom stereocenters. The lowest BCUT2D eigenvalue weighted by Crippen LogP contribution is -2.12. The van der Waals surface area contributed by atoms with Gasteiger partial charge in [0.25, 0.3) is 0 Å². The van der Waals surface area contributed by atoms with E-state index in [9.17, 15) is 9.59 Å². The maximum Gasteiger partial charge on any atom is 0.313 e. The van der Waals surface area contributed by atoms with Gasteiger partial charge in [0.15, 0.2) is 0 Å². The fourth-order valence-electron chi connectivity index (χ4n) is 1.30. The van der Waals surface area contributed by atoms with E-state index in [4.69, 9.17) is 9.47 Å². The number of benzene rings is 1. The third-order valence-electron chi connectivity index (χ3n) is 2.06. The number of esters is 1. The van der Waals surface area contributed by atoms with Crippen LogP contribution in [0.1, 0.15) is 20.3 Å². The second-order valence-corrected chi connectivity index (χ2v) is 5.60. The Balaban J connectivity index is 2.40. The van der Waals surface area contributed by atoms with Gasteiger partial charge in [-0.3, -0.25) is 9.59 Å². The van der Waals surface area contributed by atoms with E-state index in [1.165, 1.54) is 6.92 Å². The SMILES string of the molecule is CC(=O)Nc1ccc(OC(=O)CCOC(C)I)cc1. The fourth-order valence-corrected chi connectivity index (χ4v) is 1.55. The molecule has 0 aromatic heterocycles. The molecule has 19 heavy (non-hydrogen) atoms. The predicted octanol–water partition coefficient (Wildman–Crippen LogP) is 2.74. The van der Waals surface area contributed by atoms with Crippen LogP contribution in [0, 0.1) is 0 Å². The highest BCUT2D eigenvalue weighted by molar-refractivity contribution is 14.1. The van der Waals surface area contributed by atoms with Crippen LogP contribution in [0.4, 0.5) is 5.69 Å². The number of carbonyl (C=O) groups is 2. The molecule has 0 aliphatic rings. The van der Waals surface area contributed by atoms with E-state index >= 15 is 0 Å². The molecular formula is C13H16INO4. The van der Waals surface area contributed by atoms with Gasteiger partial charge in [0.05, 0.1) is 13.0 Å². The molecule has 104 valence electrons. The third kappa shape index (κ3) is 7.12. The molecule has 0 spiro atoms. The van der Waals surface area contributed by atoms with Gasteiger partial charge in [-0.05, 0) is 31.2 Å². The highest BCUT2D eigenvalue weighted by Crippen LogP contribution is 2.16. The summed E-state index contributed by atoms with van der Waals surface area (Å²) in [7, 11) is 0. The minimum absolute atomic E-state index is 0.0716. The summed E-state index contributed by atoms with van der Waals surface area (Å²) in [6, 6.07) is 6.61. The second kappa shape index (κ2) is 8.11. The first kappa shape index (κ1) is 15.9. The molecule has 1 aromatic rings. The topological polar surface area (TPSA) is 64.6 Å². The van der Waals surface area contributed by atoms with Gasteiger partial charge in [0.1, 0.15) is 9.86 Å². The molecule has 0 aliphatic heterocycles. The monoisotopic (exact) mass is 377 g/mol. The van der Waals surface area contributed by atoms with E-state index in [1.54, 1.807) is 24.3 Å². The number of hydrogen-bond donors (Lipinski definition) is 1. The van der Waals surface area contributed by atoms with Gasteiger partial charge in [-0.25, -0.2) is 0 Å². The van der Waals surface area contributed by atoms with Gasteiger partial charge in [-0.15, -0.1) is 0 Å². The molecule has 1 N–H and O–H groups in total. The average Bonchev–Trinajstić information content (AvgIpc) is 2.30. The van der Waals surface area contributed by atoms with Crippen LogP contribution in [-0.4, -0.2) is 22.6 Å². The highest BCUT2D eigenvalue weighted by atomic mass is 127. The van der Waals surface area contributed by atoms with Crippen molar-refractivity contribution in [2.24, 2.45) is 0 Å². The van der Waals surface area contributed by atoms with Crippen molar-refractivity contribution in [1.82, 2.24) is 0 Å². The summed E-state index contributed by atoms with van der Waals surface area (Å²) in [5.74, 6) is -0.0410. The fraction of sp³-hybridized carbons (Fsp3) is 0.385. The summed E-state index contributed by atoms with van der Waals surface area (Å²) in [5, 5.41) is 2.63. The molecule has 0 aliphatic carbocycles. The van der Waals surface area contributed by atoms with Crippen LogP contribution in [0.2, 0.25) is 0 Å². The summed E-state index contributed by atoms with van der Waals surface area (Å²) in [6.07, 6.45) is 0.209. The minimum atomic E-state index is -0.343. The maximum absolute atomic E-state index is 11.5. The molecule has 0 saturated carbocycles. The quantitative estimate of drug-likeness (QED) is 0.358. The Morgan fingerprint density at radius 2 is 1.95 bits per heavy atom. The standard InChI is InChI=1S/C13H16INO4/c1-9(14)18-8-7-13(17)19-12-5-3-11(4-6-12)15-10(2)16/h3-6,9H,7-8H2,1-2H3,(H,15,16). The molecule has 0 saturated heterocycles. The molecule has 0 fully saturated rings. The first-order chi connectivity index (χ1) is 8.97. The Morgan fingerprint density at radius 3 is 2.47 bits per heavy atom. The molecule has 0 heterocycles. The lowest BCUT2D eigenvalue weighted by molar-refractivity contribution is -0.135. The van der Waals surface area contributed by atoms with Crippen molar-refractivity contribution < 1.29 is 19.1 Å². The summed E-state index contributed by atoms with van der Waals surface area (Å²) < 4.78 is 10.4. The zero-order valence-electron chi connectivity index (χ0n) is 10.8. The zero-order valence-corrected chi connectivity index (χ0v) is 13.0. The largest absolute Gasteiger partial charge is 0.426 e. The van der Waals surface area contributed by atoms with Gasteiger partial charge in [-0.2, -0.15) is 0 Å². The van der Waals surface area contributed by atoms with Crippen molar-refractivity contribution >= 4 is 40.2 Å². The average molecular weight is 377 g/mol. The number of rotatable bonds is 6. The van der Waals surface area contributed by atoms with Crippen molar-refractivity contribution in [3.05, 3.63) is 24.3 Å². The number of halogens is 1. The third-order valence-corrected chi connectivity index (χ3v) is 2.42. The van der Waals surface area contributed by atoms with E-state index in [-0.39, 0.29) is 22.4 Å². The van der Waals surface area contributed by atoms with E-state index in [0.29, 0.717) is 18.0 Å². The van der Waals surface area contributed by atoms with Crippen LogP contribution in [0.25, 0.3) is 0 Å². The Kier molecular flexibility index (Phi) is 6.79. The number of carbonyl (C=O) groups excluding carboxylic acids is 2. The number of amides is 1. The summed E-state index contributed by atoms with van der Waals surface area (Å²) in [4.78, 5) is 22.3. The van der Waals surface area contributed by atoms with Gasteiger partial charge >= 0.3 is 5.97 Å². The minimum Gasteiger partial charge on any atom is -0.426 e. The van der Waals surface area contributed by atoms with Gasteiger partial charge in [0.2, 0.25) is 5.91 Å². The molecule has 1 amide bonds. The lowest BCUT2D eigenvalue weighted by Gasteiger charge is -2.07. The Labute approximate surface area is 125 Å². The highest BCUT2D eigenvalue weighted by Gasteiger charge is 2.06. The van der Waals surface area contributed by atoms with Crippen molar-refractivity contribution in [2.45, 2.75) is 24.4 Å². The number of nitrogens with one attached hydrogen (secondary N) is 1. The van der Waals surface area contributed by atoms with Crippen molar-refractivity contribution in [1.29, 1.82) is 0 Å². The van der Waals surface area contributed by atoms with Crippen LogP contribution in [0.5, 0.6) is 5.75 Å². The van der Waals surface area contributed by atoms with E-state index < -0.39 is 0 Å². The van der Waals surface area contributed by atoms with Crippen LogP contribution < -0.4 is 10.1 Å². The molecule has 6 heteroatoms. The van der Waals surface area contributed by atoms with Crippen molar-refractivity contribution in [3.63, 3.8) is 0 Å². The summed E-state index contributed by atoms with van der Waals surface area (Å²) in [6.45, 7) is 3.67. The zero-order chi connectivity index (χ0) is 14.3. The number of hydrogen-bond acceptors (Lipinski definition) is 4. The van der Waals surface area contributed by atoms with Crippen LogP contribution in [-0.2, 0) is 14.3 Å². The molecule has 0 bridgehead atoms. The molecule has 1 rings (SSSR count). The molecule has 0 radical (unpaired) electrons. The smallest absolute Gasteiger partial charge is 0.313 e. The first-order valence-corrected chi connectivity index (χ1v) is 7.06. The Hall–Kier alpha value is -1.15. The molecule has 5 nitrogen and oxygen atoms in total. The number of ether oxygens (including phenoxy) is 2. The summed E-state index contributed by atoms with van der Waals surface area (Å²) >= 11 is 2.12. The van der Waals surface area contributed by atoms with E-state index in [1.807, 2.05) is 6.92 Å². The van der Waals surface area contributed by atoms with E-state index in [2.05, 4.69) is 27.9 Å². The molecular weight excluding hydrogens is 361 g/mol. The van der Waals surface area contributed by atoms with Gasteiger partial charge in [0, 0.05) is 12.6 Å².